The summed E-state index contributed by atoms with van der Waals surface area (Å²) in [6.07, 6.45) is 7.28. The summed E-state index contributed by atoms with van der Waals surface area (Å²) in [4.78, 5) is 22.9. The Kier molecular flexibility index (Phi) is 9.75. The highest BCUT2D eigenvalue weighted by Crippen LogP contribution is 2.32. The van der Waals surface area contributed by atoms with Crippen LogP contribution < -0.4 is 20.4 Å². The number of likely N-dealkylation sites (N-methyl/N-ethyl adjacent to an activating group) is 1. The minimum atomic E-state index is -0.0541. The number of amides is 1. The molecule has 1 aliphatic rings. The number of piperidine rings is 1. The SMILES string of the molecule is [B]c1cc(OCCC(C)C(C)C2CCN(c3ncc(COC)cn3)CC2)ccc1CC(=O)NC. The maximum Gasteiger partial charge on any atom is 0.225 e. The molecule has 3 rings (SSSR count). The summed E-state index contributed by atoms with van der Waals surface area (Å²) in [5, 5.41) is 2.62. The van der Waals surface area contributed by atoms with Gasteiger partial charge in [-0.05, 0) is 54.7 Å². The van der Waals surface area contributed by atoms with E-state index in [-0.39, 0.29) is 12.3 Å². The van der Waals surface area contributed by atoms with Crippen LogP contribution in [0.5, 0.6) is 5.75 Å². The van der Waals surface area contributed by atoms with Gasteiger partial charge < -0.3 is 19.7 Å². The van der Waals surface area contributed by atoms with Crippen LogP contribution in [0.25, 0.3) is 0 Å². The molecule has 2 atom stereocenters. The molecule has 2 unspecified atom stereocenters. The summed E-state index contributed by atoms with van der Waals surface area (Å²) >= 11 is 0. The van der Waals surface area contributed by atoms with E-state index in [0.717, 1.165) is 55.2 Å². The van der Waals surface area contributed by atoms with Crippen LogP contribution in [0.15, 0.2) is 30.6 Å². The monoisotopic (exact) mass is 464 g/mol. The van der Waals surface area contributed by atoms with Gasteiger partial charge in [0.05, 0.1) is 19.6 Å². The minimum Gasteiger partial charge on any atom is -0.494 e. The molecule has 2 radical (unpaired) electrons. The summed E-state index contributed by atoms with van der Waals surface area (Å²) in [7, 11) is 9.40. The summed E-state index contributed by atoms with van der Waals surface area (Å²) in [5.74, 6) is 3.39. The first-order valence-corrected chi connectivity index (χ1v) is 12.2. The zero-order chi connectivity index (χ0) is 24.5. The molecule has 0 bridgehead atoms. The lowest BCUT2D eigenvalue weighted by molar-refractivity contribution is -0.119. The van der Waals surface area contributed by atoms with Crippen molar-refractivity contribution in [2.45, 2.75) is 46.1 Å². The number of methoxy groups -OCH3 is 1. The predicted octanol–water partition coefficient (Wildman–Crippen LogP) is 2.66. The fourth-order valence-corrected chi connectivity index (χ4v) is 4.55. The number of rotatable bonds is 11. The summed E-state index contributed by atoms with van der Waals surface area (Å²) in [5.41, 5.74) is 2.40. The molecule has 1 fully saturated rings. The van der Waals surface area contributed by atoms with E-state index in [9.17, 15) is 4.79 Å². The molecule has 7 nitrogen and oxygen atoms in total. The van der Waals surface area contributed by atoms with E-state index < -0.39 is 0 Å². The molecule has 0 spiro atoms. The van der Waals surface area contributed by atoms with E-state index in [0.29, 0.717) is 36.4 Å². The number of ether oxygens (including phenoxy) is 2. The number of carbonyl (C=O) groups is 1. The van der Waals surface area contributed by atoms with Crippen molar-refractivity contribution in [2.24, 2.45) is 17.8 Å². The number of hydrogen-bond acceptors (Lipinski definition) is 6. The number of aromatic nitrogens is 2. The number of anilines is 1. The summed E-state index contributed by atoms with van der Waals surface area (Å²) < 4.78 is 11.1. The third kappa shape index (κ3) is 7.19. The second kappa shape index (κ2) is 12.7. The fraction of sp³-hybridized carbons (Fsp3) is 0.577. The van der Waals surface area contributed by atoms with Crippen LogP contribution in [0.4, 0.5) is 5.95 Å². The van der Waals surface area contributed by atoms with Crippen molar-refractivity contribution in [3.05, 3.63) is 41.7 Å². The first-order valence-electron chi connectivity index (χ1n) is 12.2. The largest absolute Gasteiger partial charge is 0.494 e. The molecule has 1 amide bonds. The van der Waals surface area contributed by atoms with Crippen LogP contribution in [0, 0.1) is 17.8 Å². The second-order valence-corrected chi connectivity index (χ2v) is 9.33. The third-order valence-corrected chi connectivity index (χ3v) is 7.06. The van der Waals surface area contributed by atoms with Gasteiger partial charge in [0.15, 0.2) is 0 Å². The average Bonchev–Trinajstić information content (AvgIpc) is 2.85. The van der Waals surface area contributed by atoms with Crippen molar-refractivity contribution < 1.29 is 14.3 Å². The molecule has 2 aromatic rings. The molecule has 1 saturated heterocycles. The summed E-state index contributed by atoms with van der Waals surface area (Å²) in [6, 6.07) is 5.57. The Morgan fingerprint density at radius 2 is 1.94 bits per heavy atom. The maximum atomic E-state index is 11.6. The highest BCUT2D eigenvalue weighted by molar-refractivity contribution is 6.33. The highest BCUT2D eigenvalue weighted by atomic mass is 16.5. The standard InChI is InChI=1S/C26H37BN4O3/c1-18(9-12-34-23-6-5-22(24(27)14-23)13-25(32)28-3)19(2)21-7-10-31(11-8-21)26-29-15-20(16-30-26)17-33-4/h5-6,14-16,18-19,21H,7-13,17H2,1-4H3,(H,28,32). The van der Waals surface area contributed by atoms with E-state index in [1.165, 1.54) is 0 Å². The zero-order valence-electron chi connectivity index (χ0n) is 20.9. The molecule has 1 aliphatic heterocycles. The van der Waals surface area contributed by atoms with Crippen LogP contribution >= 0.6 is 0 Å². The molecule has 0 saturated carbocycles. The number of carbonyl (C=O) groups excluding carboxylic acids is 1. The lowest BCUT2D eigenvalue weighted by atomic mass is 9.77. The first kappa shape index (κ1) is 26.0. The highest BCUT2D eigenvalue weighted by Gasteiger charge is 2.28. The topological polar surface area (TPSA) is 76.6 Å². The maximum absolute atomic E-state index is 11.6. The predicted molar refractivity (Wildman–Crippen MR) is 136 cm³/mol. The van der Waals surface area contributed by atoms with E-state index in [2.05, 4.69) is 34.0 Å². The lowest BCUT2D eigenvalue weighted by Gasteiger charge is -2.37. The average molecular weight is 464 g/mol. The van der Waals surface area contributed by atoms with Gasteiger partial charge in [0, 0.05) is 45.2 Å². The van der Waals surface area contributed by atoms with Crippen LogP contribution in [0.1, 0.15) is 44.2 Å². The van der Waals surface area contributed by atoms with E-state index in [1.54, 1.807) is 14.2 Å². The van der Waals surface area contributed by atoms with Gasteiger partial charge in [-0.15, -0.1) is 0 Å². The van der Waals surface area contributed by atoms with Gasteiger partial charge in [-0.1, -0.05) is 25.4 Å². The van der Waals surface area contributed by atoms with Crippen molar-refractivity contribution in [3.8, 4) is 5.75 Å². The van der Waals surface area contributed by atoms with Gasteiger partial charge in [-0.25, -0.2) is 9.97 Å². The van der Waals surface area contributed by atoms with E-state index in [1.807, 2.05) is 30.6 Å². The number of nitrogens with one attached hydrogen (secondary N) is 1. The molecular formula is C26H37BN4O3. The quantitative estimate of drug-likeness (QED) is 0.516. The Morgan fingerprint density at radius 1 is 1.24 bits per heavy atom. The Morgan fingerprint density at radius 3 is 2.56 bits per heavy atom. The number of hydrogen-bond donors (Lipinski definition) is 1. The molecule has 1 aromatic carbocycles. The van der Waals surface area contributed by atoms with Gasteiger partial charge in [0.2, 0.25) is 11.9 Å². The Balaban J connectivity index is 1.41. The molecule has 2 heterocycles. The number of nitrogens with zero attached hydrogens (tertiary/aromatic N) is 3. The zero-order valence-corrected chi connectivity index (χ0v) is 20.9. The summed E-state index contributed by atoms with van der Waals surface area (Å²) in [6.45, 7) is 7.86. The molecular weight excluding hydrogens is 427 g/mol. The van der Waals surface area contributed by atoms with Crippen molar-refractivity contribution in [2.75, 3.05) is 38.8 Å². The van der Waals surface area contributed by atoms with Crippen molar-refractivity contribution >= 4 is 25.2 Å². The van der Waals surface area contributed by atoms with Gasteiger partial charge in [-0.3, -0.25) is 4.79 Å². The van der Waals surface area contributed by atoms with E-state index >= 15 is 0 Å². The van der Waals surface area contributed by atoms with Gasteiger partial charge >= 0.3 is 0 Å². The molecule has 1 aromatic heterocycles. The molecule has 8 heteroatoms. The van der Waals surface area contributed by atoms with Gasteiger partial charge in [0.1, 0.15) is 13.6 Å². The van der Waals surface area contributed by atoms with Crippen LogP contribution in [0.3, 0.4) is 0 Å². The Bertz CT molecular complexity index is 917. The molecule has 34 heavy (non-hydrogen) atoms. The van der Waals surface area contributed by atoms with Crippen LogP contribution in [0.2, 0.25) is 0 Å². The normalized spacial score (nSPS) is 16.2. The second-order valence-electron chi connectivity index (χ2n) is 9.33. The minimum absolute atomic E-state index is 0.0541. The first-order chi connectivity index (χ1) is 16.4. The van der Waals surface area contributed by atoms with E-state index in [4.69, 9.17) is 17.3 Å². The van der Waals surface area contributed by atoms with Crippen molar-refractivity contribution in [1.29, 1.82) is 0 Å². The Labute approximate surface area is 205 Å². The van der Waals surface area contributed by atoms with Crippen LogP contribution in [-0.4, -0.2) is 57.6 Å². The lowest BCUT2D eigenvalue weighted by Crippen LogP contribution is -2.38. The smallest absolute Gasteiger partial charge is 0.225 e. The molecule has 0 aliphatic carbocycles. The molecule has 1 N–H and O–H groups in total. The van der Waals surface area contributed by atoms with Gasteiger partial charge in [0.25, 0.3) is 0 Å². The van der Waals surface area contributed by atoms with Crippen molar-refractivity contribution in [3.63, 3.8) is 0 Å². The molecule has 182 valence electrons. The van der Waals surface area contributed by atoms with Crippen molar-refractivity contribution in [1.82, 2.24) is 15.3 Å². The van der Waals surface area contributed by atoms with Gasteiger partial charge in [-0.2, -0.15) is 0 Å². The van der Waals surface area contributed by atoms with Crippen LogP contribution in [-0.2, 0) is 22.6 Å². The fourth-order valence-electron chi connectivity index (χ4n) is 4.55. The number of benzene rings is 1. The Hall–Kier alpha value is -2.61. The third-order valence-electron chi connectivity index (χ3n) is 7.06.